The number of carboxylic acids is 1. The number of hydrogen-bond donors (Lipinski definition) is 1. The molecular formula is C11H14O4. The van der Waals surface area contributed by atoms with Crippen LogP contribution in [0.2, 0.25) is 0 Å². The molecule has 82 valence electrons. The maximum absolute atomic E-state index is 11.8. The average molecular weight is 210 g/mol. The Balaban J connectivity index is 2.41. The number of rotatable bonds is 1. The highest BCUT2D eigenvalue weighted by atomic mass is 16.4. The van der Waals surface area contributed by atoms with Crippen molar-refractivity contribution >= 4 is 17.5 Å². The van der Waals surface area contributed by atoms with Crippen molar-refractivity contribution in [2.75, 3.05) is 0 Å². The van der Waals surface area contributed by atoms with Gasteiger partial charge in [0.1, 0.15) is 17.0 Å². The van der Waals surface area contributed by atoms with Crippen LogP contribution in [0, 0.1) is 11.3 Å². The summed E-state index contributed by atoms with van der Waals surface area (Å²) >= 11 is 0. The summed E-state index contributed by atoms with van der Waals surface area (Å²) in [5.74, 6) is -2.04. The number of carbonyl (C=O) groups excluding carboxylic acids is 2. The van der Waals surface area contributed by atoms with Crippen molar-refractivity contribution in [3.05, 3.63) is 0 Å². The Morgan fingerprint density at radius 1 is 1.20 bits per heavy atom. The first kappa shape index (κ1) is 10.3. The fourth-order valence-corrected chi connectivity index (χ4v) is 3.00. The quantitative estimate of drug-likeness (QED) is 0.659. The molecule has 2 rings (SSSR count). The molecule has 2 fully saturated rings. The van der Waals surface area contributed by atoms with E-state index in [0.717, 1.165) is 12.8 Å². The van der Waals surface area contributed by atoms with E-state index in [1.54, 1.807) is 0 Å². The van der Waals surface area contributed by atoms with Gasteiger partial charge < -0.3 is 5.11 Å². The second kappa shape index (κ2) is 3.43. The summed E-state index contributed by atoms with van der Waals surface area (Å²) in [6.07, 6.45) is 2.99. The third-order valence-corrected chi connectivity index (χ3v) is 3.78. The minimum Gasteiger partial charge on any atom is -0.481 e. The van der Waals surface area contributed by atoms with Gasteiger partial charge in [-0.25, -0.2) is 0 Å². The monoisotopic (exact) mass is 210 g/mol. The number of aliphatic carboxylic acids is 1. The molecule has 0 saturated heterocycles. The molecule has 2 aliphatic carbocycles. The van der Waals surface area contributed by atoms with Gasteiger partial charge >= 0.3 is 5.97 Å². The standard InChI is InChI=1S/C11H14O4/c12-8-4-5-9(13)11(8)6-2-1-3-7(11)10(14)15/h7H,1-6H2,(H,14,15). The maximum atomic E-state index is 11.8. The minimum atomic E-state index is -1.15. The van der Waals surface area contributed by atoms with Gasteiger partial charge in [0.15, 0.2) is 0 Å². The Labute approximate surface area is 87.7 Å². The molecule has 0 heterocycles. The van der Waals surface area contributed by atoms with Crippen LogP contribution in [-0.2, 0) is 14.4 Å². The topological polar surface area (TPSA) is 71.4 Å². The lowest BCUT2D eigenvalue weighted by molar-refractivity contribution is -0.158. The normalized spacial score (nSPS) is 29.7. The average Bonchev–Trinajstić information content (AvgIpc) is 2.48. The van der Waals surface area contributed by atoms with Gasteiger partial charge in [0.25, 0.3) is 0 Å². The van der Waals surface area contributed by atoms with E-state index in [0.29, 0.717) is 12.8 Å². The molecule has 2 aliphatic rings. The zero-order valence-corrected chi connectivity index (χ0v) is 8.49. The second-order valence-electron chi connectivity index (χ2n) is 4.45. The number of hydrogen-bond acceptors (Lipinski definition) is 3. The van der Waals surface area contributed by atoms with Gasteiger partial charge in [-0.05, 0) is 12.8 Å². The molecule has 4 heteroatoms. The second-order valence-corrected chi connectivity index (χ2v) is 4.45. The van der Waals surface area contributed by atoms with E-state index in [2.05, 4.69) is 0 Å². The largest absolute Gasteiger partial charge is 0.481 e. The molecule has 0 aromatic heterocycles. The Kier molecular flexibility index (Phi) is 2.37. The van der Waals surface area contributed by atoms with E-state index in [1.165, 1.54) is 0 Å². The summed E-state index contributed by atoms with van der Waals surface area (Å²) in [6.45, 7) is 0. The molecule has 0 bridgehead atoms. The van der Waals surface area contributed by atoms with Crippen LogP contribution in [0.5, 0.6) is 0 Å². The highest BCUT2D eigenvalue weighted by molar-refractivity contribution is 6.15. The lowest BCUT2D eigenvalue weighted by atomic mass is 9.64. The van der Waals surface area contributed by atoms with E-state index in [4.69, 9.17) is 5.11 Å². The maximum Gasteiger partial charge on any atom is 0.307 e. The molecule has 1 spiro atoms. The van der Waals surface area contributed by atoms with Crippen LogP contribution < -0.4 is 0 Å². The lowest BCUT2D eigenvalue weighted by Crippen LogP contribution is -2.46. The smallest absolute Gasteiger partial charge is 0.307 e. The van der Waals surface area contributed by atoms with Crippen molar-refractivity contribution in [3.8, 4) is 0 Å². The van der Waals surface area contributed by atoms with Crippen LogP contribution in [0.25, 0.3) is 0 Å². The predicted octanol–water partition coefficient (Wildman–Crippen LogP) is 1.18. The summed E-state index contributed by atoms with van der Waals surface area (Å²) in [6, 6.07) is 0. The molecule has 0 aliphatic heterocycles. The van der Waals surface area contributed by atoms with E-state index < -0.39 is 17.3 Å². The van der Waals surface area contributed by atoms with Crippen molar-refractivity contribution in [3.63, 3.8) is 0 Å². The summed E-state index contributed by atoms with van der Waals surface area (Å²) < 4.78 is 0. The molecule has 0 radical (unpaired) electrons. The van der Waals surface area contributed by atoms with Gasteiger partial charge in [-0.15, -0.1) is 0 Å². The van der Waals surface area contributed by atoms with Crippen molar-refractivity contribution in [1.29, 1.82) is 0 Å². The first-order valence-electron chi connectivity index (χ1n) is 5.38. The third-order valence-electron chi connectivity index (χ3n) is 3.78. The van der Waals surface area contributed by atoms with Gasteiger partial charge in [0.05, 0.1) is 5.92 Å². The zero-order chi connectivity index (χ0) is 11.1. The van der Waals surface area contributed by atoms with Crippen molar-refractivity contribution in [2.45, 2.75) is 38.5 Å². The van der Waals surface area contributed by atoms with E-state index in [1.807, 2.05) is 0 Å². The minimum absolute atomic E-state index is 0.139. The van der Waals surface area contributed by atoms with Crippen LogP contribution in [0.4, 0.5) is 0 Å². The Morgan fingerprint density at radius 3 is 2.33 bits per heavy atom. The zero-order valence-electron chi connectivity index (χ0n) is 8.49. The van der Waals surface area contributed by atoms with E-state index >= 15 is 0 Å². The Hall–Kier alpha value is -1.19. The van der Waals surface area contributed by atoms with E-state index in [9.17, 15) is 14.4 Å². The molecule has 1 atom stereocenters. The summed E-state index contributed by atoms with van der Waals surface area (Å²) in [5, 5.41) is 9.09. The van der Waals surface area contributed by atoms with Gasteiger partial charge in [0, 0.05) is 12.8 Å². The fraction of sp³-hybridized carbons (Fsp3) is 0.727. The van der Waals surface area contributed by atoms with Crippen LogP contribution in [0.3, 0.4) is 0 Å². The van der Waals surface area contributed by atoms with Crippen molar-refractivity contribution in [1.82, 2.24) is 0 Å². The number of carboxylic acid groups (broad SMARTS) is 1. The Morgan fingerprint density at radius 2 is 1.80 bits per heavy atom. The molecule has 2 saturated carbocycles. The van der Waals surface area contributed by atoms with E-state index in [-0.39, 0.29) is 24.4 Å². The highest BCUT2D eigenvalue weighted by Gasteiger charge is 2.57. The van der Waals surface area contributed by atoms with Crippen LogP contribution in [-0.4, -0.2) is 22.6 Å². The summed E-state index contributed by atoms with van der Waals surface area (Å²) in [4.78, 5) is 34.7. The van der Waals surface area contributed by atoms with Crippen molar-refractivity contribution < 1.29 is 19.5 Å². The molecule has 0 aromatic rings. The molecule has 0 amide bonds. The number of carbonyl (C=O) groups is 3. The molecule has 15 heavy (non-hydrogen) atoms. The van der Waals surface area contributed by atoms with Gasteiger partial charge in [-0.1, -0.05) is 12.8 Å². The first-order valence-corrected chi connectivity index (χ1v) is 5.38. The van der Waals surface area contributed by atoms with Crippen LogP contribution >= 0.6 is 0 Å². The van der Waals surface area contributed by atoms with Gasteiger partial charge in [-0.2, -0.15) is 0 Å². The van der Waals surface area contributed by atoms with Crippen molar-refractivity contribution in [2.24, 2.45) is 11.3 Å². The molecule has 1 unspecified atom stereocenters. The Bertz CT molecular complexity index is 315. The van der Waals surface area contributed by atoms with Gasteiger partial charge in [-0.3, -0.25) is 14.4 Å². The molecule has 0 aromatic carbocycles. The molecular weight excluding hydrogens is 196 g/mol. The highest BCUT2D eigenvalue weighted by Crippen LogP contribution is 2.48. The summed E-state index contributed by atoms with van der Waals surface area (Å²) in [7, 11) is 0. The SMILES string of the molecule is O=C(O)C1CCCCC12C(=O)CCC2=O. The van der Waals surface area contributed by atoms with Crippen LogP contribution in [0.15, 0.2) is 0 Å². The van der Waals surface area contributed by atoms with Crippen LogP contribution in [0.1, 0.15) is 38.5 Å². The lowest BCUT2D eigenvalue weighted by Gasteiger charge is -2.35. The summed E-state index contributed by atoms with van der Waals surface area (Å²) in [5.41, 5.74) is -1.15. The molecule has 1 N–H and O–H groups in total. The first-order chi connectivity index (χ1) is 7.09. The third kappa shape index (κ3) is 1.31. The van der Waals surface area contributed by atoms with Gasteiger partial charge in [0.2, 0.25) is 0 Å². The fourth-order valence-electron chi connectivity index (χ4n) is 3.00. The number of ketones is 2. The predicted molar refractivity (Wildman–Crippen MR) is 51.3 cm³/mol. The molecule has 4 nitrogen and oxygen atoms in total. The number of Topliss-reactive ketones (excluding diaryl/α,β-unsaturated/α-hetero) is 2.